The Bertz CT molecular complexity index is 955. The van der Waals surface area contributed by atoms with Gasteiger partial charge in [-0.2, -0.15) is 0 Å². The van der Waals surface area contributed by atoms with Gasteiger partial charge in [-0.15, -0.1) is 0 Å². The molecule has 126 valence electrons. The zero-order valence-corrected chi connectivity index (χ0v) is 14.0. The van der Waals surface area contributed by atoms with Crippen molar-refractivity contribution in [1.82, 2.24) is 14.3 Å². The van der Waals surface area contributed by atoms with Crippen molar-refractivity contribution in [3.8, 4) is 5.88 Å². The second-order valence-electron chi connectivity index (χ2n) is 6.23. The predicted octanol–water partition coefficient (Wildman–Crippen LogP) is 2.92. The van der Waals surface area contributed by atoms with Gasteiger partial charge < -0.3 is 4.74 Å². The molecule has 0 atom stereocenters. The first-order valence-electron chi connectivity index (χ1n) is 8.13. The van der Waals surface area contributed by atoms with Gasteiger partial charge >= 0.3 is 0 Å². The molecular weight excluding hydrogens is 318 g/mol. The SMILES string of the molecule is CC(C)Oc1cccc2nc(CN3C(=O)c4ccccc4C3=O)cn12. The molecule has 3 aromatic rings. The molecular formula is C19H17N3O3. The molecule has 3 heterocycles. The fourth-order valence-corrected chi connectivity index (χ4v) is 2.99. The van der Waals surface area contributed by atoms with Crippen LogP contribution in [0.4, 0.5) is 0 Å². The van der Waals surface area contributed by atoms with E-state index in [1.54, 1.807) is 30.5 Å². The van der Waals surface area contributed by atoms with Crippen molar-refractivity contribution in [2.75, 3.05) is 0 Å². The Morgan fingerprint density at radius 3 is 2.32 bits per heavy atom. The molecule has 0 saturated heterocycles. The number of imide groups is 1. The number of ether oxygens (including phenoxy) is 1. The van der Waals surface area contributed by atoms with Gasteiger partial charge in [0.1, 0.15) is 5.65 Å². The number of rotatable bonds is 4. The van der Waals surface area contributed by atoms with Gasteiger partial charge in [-0.3, -0.25) is 18.9 Å². The molecule has 6 nitrogen and oxygen atoms in total. The number of fused-ring (bicyclic) bond motifs is 2. The Morgan fingerprint density at radius 2 is 1.68 bits per heavy atom. The van der Waals surface area contributed by atoms with Crippen LogP contribution in [0.25, 0.3) is 5.65 Å². The van der Waals surface area contributed by atoms with Crippen LogP contribution >= 0.6 is 0 Å². The fourth-order valence-electron chi connectivity index (χ4n) is 2.99. The van der Waals surface area contributed by atoms with Crippen LogP contribution in [0.2, 0.25) is 0 Å². The Morgan fingerprint density at radius 1 is 1.00 bits per heavy atom. The van der Waals surface area contributed by atoms with Crippen molar-refractivity contribution in [1.29, 1.82) is 0 Å². The molecule has 4 rings (SSSR count). The van der Waals surface area contributed by atoms with E-state index in [2.05, 4.69) is 4.98 Å². The van der Waals surface area contributed by atoms with Gasteiger partial charge in [0, 0.05) is 6.20 Å². The molecule has 1 aliphatic heterocycles. The molecule has 0 radical (unpaired) electrons. The number of hydrogen-bond acceptors (Lipinski definition) is 4. The lowest BCUT2D eigenvalue weighted by Crippen LogP contribution is -2.29. The minimum Gasteiger partial charge on any atom is -0.476 e. The molecule has 0 bridgehead atoms. The molecule has 0 unspecified atom stereocenters. The maximum Gasteiger partial charge on any atom is 0.261 e. The van der Waals surface area contributed by atoms with E-state index in [1.165, 1.54) is 4.90 Å². The van der Waals surface area contributed by atoms with Crippen LogP contribution in [-0.4, -0.2) is 32.2 Å². The molecule has 0 fully saturated rings. The van der Waals surface area contributed by atoms with E-state index in [0.29, 0.717) is 28.3 Å². The summed E-state index contributed by atoms with van der Waals surface area (Å²) in [6.45, 7) is 4.04. The first-order valence-corrected chi connectivity index (χ1v) is 8.13. The number of benzene rings is 1. The number of carbonyl (C=O) groups excluding carboxylic acids is 2. The van der Waals surface area contributed by atoms with Gasteiger partial charge in [0.15, 0.2) is 5.88 Å². The van der Waals surface area contributed by atoms with E-state index in [-0.39, 0.29) is 24.5 Å². The average Bonchev–Trinajstić information content (AvgIpc) is 3.11. The van der Waals surface area contributed by atoms with Crippen LogP contribution in [-0.2, 0) is 6.54 Å². The lowest BCUT2D eigenvalue weighted by atomic mass is 10.1. The Labute approximate surface area is 144 Å². The van der Waals surface area contributed by atoms with Crippen LogP contribution in [0.15, 0.2) is 48.7 Å². The summed E-state index contributed by atoms with van der Waals surface area (Å²) in [6.07, 6.45) is 1.84. The summed E-state index contributed by atoms with van der Waals surface area (Å²) in [7, 11) is 0. The number of amides is 2. The Hall–Kier alpha value is -3.15. The third-order valence-electron chi connectivity index (χ3n) is 4.06. The third-order valence-corrected chi connectivity index (χ3v) is 4.06. The number of pyridine rings is 1. The lowest BCUT2D eigenvalue weighted by Gasteiger charge is -2.11. The minimum absolute atomic E-state index is 0.0349. The molecule has 1 aliphatic rings. The molecule has 0 N–H and O–H groups in total. The van der Waals surface area contributed by atoms with E-state index >= 15 is 0 Å². The summed E-state index contributed by atoms with van der Waals surface area (Å²) in [6, 6.07) is 12.5. The van der Waals surface area contributed by atoms with Crippen molar-refractivity contribution in [2.24, 2.45) is 0 Å². The minimum atomic E-state index is -0.281. The highest BCUT2D eigenvalue weighted by molar-refractivity contribution is 6.21. The van der Waals surface area contributed by atoms with Crippen molar-refractivity contribution < 1.29 is 14.3 Å². The summed E-state index contributed by atoms with van der Waals surface area (Å²) < 4.78 is 7.61. The monoisotopic (exact) mass is 335 g/mol. The van der Waals surface area contributed by atoms with E-state index in [0.717, 1.165) is 0 Å². The maximum atomic E-state index is 12.5. The number of aromatic nitrogens is 2. The molecule has 6 heteroatoms. The molecule has 0 spiro atoms. The van der Waals surface area contributed by atoms with Gasteiger partial charge in [0.05, 0.1) is 29.5 Å². The molecule has 0 saturated carbocycles. The number of imidazole rings is 1. The summed E-state index contributed by atoms with van der Waals surface area (Å²) in [4.78, 5) is 30.7. The zero-order chi connectivity index (χ0) is 17.6. The van der Waals surface area contributed by atoms with Crippen molar-refractivity contribution >= 4 is 17.5 Å². The molecule has 2 amide bonds. The number of carbonyl (C=O) groups is 2. The van der Waals surface area contributed by atoms with Gasteiger partial charge in [-0.25, -0.2) is 4.98 Å². The normalized spacial score (nSPS) is 13.8. The maximum absolute atomic E-state index is 12.5. The second-order valence-corrected chi connectivity index (χ2v) is 6.23. The van der Waals surface area contributed by atoms with E-state index in [1.807, 2.05) is 36.4 Å². The highest BCUT2D eigenvalue weighted by Gasteiger charge is 2.35. The van der Waals surface area contributed by atoms with Crippen LogP contribution in [0.3, 0.4) is 0 Å². The molecule has 25 heavy (non-hydrogen) atoms. The van der Waals surface area contributed by atoms with Gasteiger partial charge in [0.25, 0.3) is 11.8 Å². The number of hydrogen-bond donors (Lipinski definition) is 0. The summed E-state index contributed by atoms with van der Waals surface area (Å²) in [5.41, 5.74) is 2.24. The quantitative estimate of drug-likeness (QED) is 0.688. The van der Waals surface area contributed by atoms with Gasteiger partial charge in [-0.05, 0) is 38.1 Å². The summed E-state index contributed by atoms with van der Waals surface area (Å²) >= 11 is 0. The summed E-state index contributed by atoms with van der Waals surface area (Å²) in [5, 5.41) is 0. The lowest BCUT2D eigenvalue weighted by molar-refractivity contribution is 0.0640. The zero-order valence-electron chi connectivity index (χ0n) is 14.0. The first kappa shape index (κ1) is 15.4. The highest BCUT2D eigenvalue weighted by Crippen LogP contribution is 2.25. The number of nitrogens with zero attached hydrogens (tertiary/aromatic N) is 3. The van der Waals surface area contributed by atoms with Crippen LogP contribution in [0.5, 0.6) is 5.88 Å². The first-order chi connectivity index (χ1) is 12.0. The third kappa shape index (κ3) is 2.55. The van der Waals surface area contributed by atoms with Crippen molar-refractivity contribution in [2.45, 2.75) is 26.5 Å². The smallest absolute Gasteiger partial charge is 0.261 e. The average molecular weight is 335 g/mol. The van der Waals surface area contributed by atoms with Crippen LogP contribution < -0.4 is 4.74 Å². The molecule has 1 aromatic carbocycles. The topological polar surface area (TPSA) is 63.9 Å². The van der Waals surface area contributed by atoms with Gasteiger partial charge in [-0.1, -0.05) is 18.2 Å². The van der Waals surface area contributed by atoms with E-state index in [4.69, 9.17) is 4.74 Å². The molecule has 2 aromatic heterocycles. The molecule has 0 aliphatic carbocycles. The second kappa shape index (κ2) is 5.73. The van der Waals surface area contributed by atoms with Crippen molar-refractivity contribution in [3.63, 3.8) is 0 Å². The van der Waals surface area contributed by atoms with Gasteiger partial charge in [0.2, 0.25) is 0 Å². The van der Waals surface area contributed by atoms with Crippen LogP contribution in [0.1, 0.15) is 40.3 Å². The standard InChI is InChI=1S/C19H17N3O3/c1-12(2)25-17-9-5-8-16-20-13(10-21(16)17)11-22-18(23)14-6-3-4-7-15(14)19(22)24/h3-10,12H,11H2,1-2H3. The highest BCUT2D eigenvalue weighted by atomic mass is 16.5. The fraction of sp³-hybridized carbons (Fsp3) is 0.211. The largest absolute Gasteiger partial charge is 0.476 e. The Balaban J connectivity index is 1.66. The predicted molar refractivity (Wildman–Crippen MR) is 91.6 cm³/mol. The Kier molecular flexibility index (Phi) is 3.53. The summed E-state index contributed by atoms with van der Waals surface area (Å²) in [5.74, 6) is 0.112. The van der Waals surface area contributed by atoms with E-state index in [9.17, 15) is 9.59 Å². The van der Waals surface area contributed by atoms with Crippen molar-refractivity contribution in [3.05, 3.63) is 65.5 Å². The van der Waals surface area contributed by atoms with E-state index < -0.39 is 0 Å². The van der Waals surface area contributed by atoms with Crippen LogP contribution in [0, 0.1) is 0 Å².